The molecule has 1 rings (SSSR count). The number of rotatable bonds is 1. The third-order valence-electron chi connectivity index (χ3n) is 1.50. The SMILES string of the molecule is CC(=O)N[C@@H]1C[C@H]1C. The lowest BCUT2D eigenvalue weighted by molar-refractivity contribution is -0.119. The molecule has 8 heavy (non-hydrogen) atoms. The largest absolute Gasteiger partial charge is 0.353 e. The zero-order valence-corrected chi connectivity index (χ0v) is 5.27. The molecule has 0 spiro atoms. The van der Waals surface area contributed by atoms with Crippen molar-refractivity contribution >= 4 is 5.91 Å². The Hall–Kier alpha value is -0.530. The molecule has 0 aromatic rings. The van der Waals surface area contributed by atoms with Crippen molar-refractivity contribution in [3.8, 4) is 0 Å². The van der Waals surface area contributed by atoms with Crippen LogP contribution < -0.4 is 5.32 Å². The standard InChI is InChI=1S/C6H11NO/c1-4-3-6(4)7-5(2)8/h4,6H,3H2,1-2H3,(H,7,8)/t4-,6-/m1/s1. The van der Waals surface area contributed by atoms with Crippen LogP contribution in [0.3, 0.4) is 0 Å². The first kappa shape index (κ1) is 5.60. The molecule has 0 bridgehead atoms. The summed E-state index contributed by atoms with van der Waals surface area (Å²) in [5.74, 6) is 0.818. The number of hydrogen-bond acceptors (Lipinski definition) is 1. The van der Waals surface area contributed by atoms with Gasteiger partial charge < -0.3 is 5.32 Å². The fourth-order valence-corrected chi connectivity index (χ4v) is 0.784. The molecule has 2 atom stereocenters. The molecule has 2 nitrogen and oxygen atoms in total. The number of carbonyl (C=O) groups is 1. The van der Waals surface area contributed by atoms with Crippen LogP contribution in [0, 0.1) is 5.92 Å². The Morgan fingerprint density at radius 3 is 2.38 bits per heavy atom. The molecule has 1 aliphatic carbocycles. The second-order valence-corrected chi connectivity index (χ2v) is 2.52. The second-order valence-electron chi connectivity index (χ2n) is 2.52. The van der Waals surface area contributed by atoms with Crippen molar-refractivity contribution in [3.63, 3.8) is 0 Å². The summed E-state index contributed by atoms with van der Waals surface area (Å²) >= 11 is 0. The summed E-state index contributed by atoms with van der Waals surface area (Å²) in [5.41, 5.74) is 0. The zero-order valence-electron chi connectivity index (χ0n) is 5.27. The molecule has 0 saturated heterocycles. The third-order valence-corrected chi connectivity index (χ3v) is 1.50. The fourth-order valence-electron chi connectivity index (χ4n) is 0.784. The first-order valence-electron chi connectivity index (χ1n) is 2.97. The molecular formula is C6H11NO. The van der Waals surface area contributed by atoms with Gasteiger partial charge in [0.25, 0.3) is 0 Å². The van der Waals surface area contributed by atoms with Gasteiger partial charge in [-0.05, 0) is 12.3 Å². The predicted octanol–water partition coefficient (Wildman–Crippen LogP) is 0.531. The maximum atomic E-state index is 10.3. The van der Waals surface area contributed by atoms with E-state index >= 15 is 0 Å². The molecule has 0 heterocycles. The van der Waals surface area contributed by atoms with Gasteiger partial charge in [-0.25, -0.2) is 0 Å². The van der Waals surface area contributed by atoms with Crippen molar-refractivity contribution in [2.24, 2.45) is 5.92 Å². The van der Waals surface area contributed by atoms with Crippen LogP contribution in [0.15, 0.2) is 0 Å². The first-order chi connectivity index (χ1) is 3.70. The predicted molar refractivity (Wildman–Crippen MR) is 31.4 cm³/mol. The molecule has 0 aliphatic heterocycles. The van der Waals surface area contributed by atoms with Crippen LogP contribution in [0.4, 0.5) is 0 Å². The Labute approximate surface area is 49.3 Å². The van der Waals surface area contributed by atoms with Crippen molar-refractivity contribution in [1.29, 1.82) is 0 Å². The van der Waals surface area contributed by atoms with Gasteiger partial charge in [0.1, 0.15) is 0 Å². The molecule has 2 heteroatoms. The Bertz CT molecular complexity index is 111. The number of amides is 1. The van der Waals surface area contributed by atoms with E-state index in [1.807, 2.05) is 0 Å². The maximum absolute atomic E-state index is 10.3. The summed E-state index contributed by atoms with van der Waals surface area (Å²) in [7, 11) is 0. The highest BCUT2D eigenvalue weighted by atomic mass is 16.1. The van der Waals surface area contributed by atoms with E-state index in [4.69, 9.17) is 0 Å². The molecule has 0 aromatic carbocycles. The molecule has 0 unspecified atom stereocenters. The van der Waals surface area contributed by atoms with E-state index < -0.39 is 0 Å². The molecule has 0 radical (unpaired) electrons. The quantitative estimate of drug-likeness (QED) is 0.528. The van der Waals surface area contributed by atoms with Gasteiger partial charge >= 0.3 is 0 Å². The average molecular weight is 113 g/mol. The maximum Gasteiger partial charge on any atom is 0.217 e. The minimum absolute atomic E-state index is 0.0966. The molecular weight excluding hydrogens is 102 g/mol. The van der Waals surface area contributed by atoms with Crippen LogP contribution in [0.25, 0.3) is 0 Å². The normalized spacial score (nSPS) is 34.2. The number of carbonyl (C=O) groups excluding carboxylic acids is 1. The molecule has 1 aliphatic rings. The third kappa shape index (κ3) is 1.22. The van der Waals surface area contributed by atoms with E-state index in [0.29, 0.717) is 6.04 Å². The van der Waals surface area contributed by atoms with E-state index in [2.05, 4.69) is 12.2 Å². The highest BCUT2D eigenvalue weighted by Crippen LogP contribution is 2.28. The van der Waals surface area contributed by atoms with Crippen molar-refractivity contribution in [2.45, 2.75) is 26.3 Å². The van der Waals surface area contributed by atoms with Crippen LogP contribution in [-0.2, 0) is 4.79 Å². The van der Waals surface area contributed by atoms with Gasteiger partial charge in [0.2, 0.25) is 5.91 Å². The first-order valence-corrected chi connectivity index (χ1v) is 2.97. The Kier molecular flexibility index (Phi) is 1.24. The Balaban J connectivity index is 2.14. The lowest BCUT2D eigenvalue weighted by Gasteiger charge is -1.94. The van der Waals surface area contributed by atoms with E-state index in [9.17, 15) is 4.79 Å². The smallest absolute Gasteiger partial charge is 0.217 e. The van der Waals surface area contributed by atoms with E-state index in [-0.39, 0.29) is 5.91 Å². The van der Waals surface area contributed by atoms with Crippen LogP contribution in [0.2, 0.25) is 0 Å². The summed E-state index contributed by atoms with van der Waals surface area (Å²) in [6, 6.07) is 0.493. The molecule has 1 fully saturated rings. The highest BCUT2D eigenvalue weighted by Gasteiger charge is 2.32. The fraction of sp³-hybridized carbons (Fsp3) is 0.833. The minimum Gasteiger partial charge on any atom is -0.353 e. The Morgan fingerprint density at radius 2 is 2.25 bits per heavy atom. The molecule has 1 saturated carbocycles. The van der Waals surface area contributed by atoms with Crippen molar-refractivity contribution in [2.75, 3.05) is 0 Å². The number of nitrogens with one attached hydrogen (secondary N) is 1. The summed E-state index contributed by atoms with van der Waals surface area (Å²) in [5, 5.41) is 2.83. The van der Waals surface area contributed by atoms with Crippen molar-refractivity contribution in [1.82, 2.24) is 5.32 Å². The van der Waals surface area contributed by atoms with E-state index in [1.165, 1.54) is 6.42 Å². The lowest BCUT2D eigenvalue weighted by Crippen LogP contribution is -2.22. The van der Waals surface area contributed by atoms with Gasteiger partial charge in [0.15, 0.2) is 0 Å². The van der Waals surface area contributed by atoms with Crippen molar-refractivity contribution in [3.05, 3.63) is 0 Å². The van der Waals surface area contributed by atoms with Crippen molar-refractivity contribution < 1.29 is 4.79 Å². The topological polar surface area (TPSA) is 29.1 Å². The molecule has 1 N–H and O–H groups in total. The highest BCUT2D eigenvalue weighted by molar-refractivity contribution is 5.73. The van der Waals surface area contributed by atoms with Crippen LogP contribution in [-0.4, -0.2) is 11.9 Å². The van der Waals surface area contributed by atoms with Crippen LogP contribution in [0.5, 0.6) is 0 Å². The zero-order chi connectivity index (χ0) is 6.15. The summed E-state index contributed by atoms with van der Waals surface area (Å²) in [6.45, 7) is 3.70. The molecule has 0 aromatic heterocycles. The lowest BCUT2D eigenvalue weighted by atomic mass is 10.5. The monoisotopic (exact) mass is 113 g/mol. The van der Waals surface area contributed by atoms with Crippen LogP contribution >= 0.6 is 0 Å². The Morgan fingerprint density at radius 1 is 1.75 bits per heavy atom. The van der Waals surface area contributed by atoms with Gasteiger partial charge in [-0.1, -0.05) is 6.92 Å². The average Bonchev–Trinajstić information content (AvgIpc) is 2.17. The summed E-state index contributed by atoms with van der Waals surface area (Å²) in [4.78, 5) is 10.3. The van der Waals surface area contributed by atoms with Gasteiger partial charge in [-0.3, -0.25) is 4.79 Å². The van der Waals surface area contributed by atoms with Gasteiger partial charge in [0.05, 0.1) is 0 Å². The van der Waals surface area contributed by atoms with Gasteiger partial charge in [-0.2, -0.15) is 0 Å². The van der Waals surface area contributed by atoms with E-state index in [0.717, 1.165) is 5.92 Å². The summed E-state index contributed by atoms with van der Waals surface area (Å²) in [6.07, 6.45) is 1.17. The molecule has 46 valence electrons. The van der Waals surface area contributed by atoms with E-state index in [1.54, 1.807) is 6.92 Å². The van der Waals surface area contributed by atoms with Gasteiger partial charge in [-0.15, -0.1) is 0 Å². The second kappa shape index (κ2) is 1.77. The number of hydrogen-bond donors (Lipinski definition) is 1. The van der Waals surface area contributed by atoms with Gasteiger partial charge in [0, 0.05) is 13.0 Å². The minimum atomic E-state index is 0.0966. The van der Waals surface area contributed by atoms with Crippen LogP contribution in [0.1, 0.15) is 20.3 Å². The molecule has 1 amide bonds. The summed E-state index contributed by atoms with van der Waals surface area (Å²) < 4.78 is 0.